The van der Waals surface area contributed by atoms with Crippen LogP contribution in [-0.4, -0.2) is 22.5 Å². The van der Waals surface area contributed by atoms with Crippen LogP contribution in [0.5, 0.6) is 0 Å². The Balaban J connectivity index is 1.71. The molecule has 0 aromatic heterocycles. The van der Waals surface area contributed by atoms with E-state index in [-0.39, 0.29) is 11.9 Å². The smallest absolute Gasteiger partial charge is 0.217 e. The van der Waals surface area contributed by atoms with E-state index in [1.54, 1.807) is 11.8 Å². The third-order valence-electron chi connectivity index (χ3n) is 4.26. The topological polar surface area (TPSA) is 65.8 Å². The average Bonchev–Trinajstić information content (AvgIpc) is 2.66. The molecule has 0 fully saturated rings. The number of nitrogens with one attached hydrogen (secondary N) is 2. The number of hydrogen-bond acceptors (Lipinski definition) is 4. The molecule has 5 nitrogen and oxygen atoms in total. The second-order valence-corrected chi connectivity index (χ2v) is 7.68. The first-order chi connectivity index (χ1) is 12.9. The summed E-state index contributed by atoms with van der Waals surface area (Å²) in [5.41, 5.74) is 7.89. The van der Waals surface area contributed by atoms with E-state index in [4.69, 9.17) is 11.6 Å². The molecule has 0 aliphatic carbocycles. The van der Waals surface area contributed by atoms with Gasteiger partial charge >= 0.3 is 0 Å². The van der Waals surface area contributed by atoms with Crippen molar-refractivity contribution in [1.29, 1.82) is 0 Å². The summed E-state index contributed by atoms with van der Waals surface area (Å²) < 4.78 is 0. The van der Waals surface area contributed by atoms with Gasteiger partial charge < -0.3 is 5.32 Å². The van der Waals surface area contributed by atoms with E-state index in [0.717, 1.165) is 39.0 Å². The molecule has 2 N–H and O–H groups in total. The number of halogens is 1. The number of rotatable bonds is 4. The van der Waals surface area contributed by atoms with Crippen molar-refractivity contribution in [3.05, 3.63) is 64.2 Å². The quantitative estimate of drug-likeness (QED) is 0.789. The number of nitrogens with zero attached hydrogens (tertiary/aromatic N) is 2. The molecule has 7 heteroatoms. The van der Waals surface area contributed by atoms with E-state index < -0.39 is 0 Å². The van der Waals surface area contributed by atoms with Gasteiger partial charge in [0.1, 0.15) is 0 Å². The lowest BCUT2D eigenvalue weighted by Gasteiger charge is -2.17. The molecule has 3 rings (SSSR count). The van der Waals surface area contributed by atoms with Gasteiger partial charge in [-0.15, -0.1) is 0 Å². The lowest BCUT2D eigenvalue weighted by molar-refractivity contribution is -0.119. The normalized spacial score (nSPS) is 16.4. The zero-order valence-electron chi connectivity index (χ0n) is 15.4. The minimum atomic E-state index is -0.0365. The van der Waals surface area contributed by atoms with Gasteiger partial charge in [-0.2, -0.15) is 5.10 Å². The summed E-state index contributed by atoms with van der Waals surface area (Å²) in [4.78, 5) is 15.8. The highest BCUT2D eigenvalue weighted by molar-refractivity contribution is 8.14. The summed E-state index contributed by atoms with van der Waals surface area (Å²) in [6, 6.07) is 13.7. The fourth-order valence-electron chi connectivity index (χ4n) is 2.70. The van der Waals surface area contributed by atoms with E-state index in [0.29, 0.717) is 5.02 Å². The number of carbonyl (C=O) groups excluding carboxylic acids is 1. The first-order valence-electron chi connectivity index (χ1n) is 8.60. The van der Waals surface area contributed by atoms with Gasteiger partial charge in [-0.3, -0.25) is 10.2 Å². The van der Waals surface area contributed by atoms with Crippen molar-refractivity contribution in [2.75, 3.05) is 5.75 Å². The van der Waals surface area contributed by atoms with E-state index >= 15 is 0 Å². The van der Waals surface area contributed by atoms with Crippen molar-refractivity contribution in [1.82, 2.24) is 10.7 Å². The van der Waals surface area contributed by atoms with Crippen LogP contribution in [0.3, 0.4) is 0 Å². The Morgan fingerprint density at radius 1 is 1.30 bits per heavy atom. The third kappa shape index (κ3) is 4.90. The highest BCUT2D eigenvalue weighted by atomic mass is 35.5. The highest BCUT2D eigenvalue weighted by Crippen LogP contribution is 2.27. The number of aliphatic imine (C=N–C) groups is 1. The van der Waals surface area contributed by atoms with Crippen LogP contribution in [0, 0.1) is 6.92 Å². The van der Waals surface area contributed by atoms with Gasteiger partial charge in [-0.1, -0.05) is 53.7 Å². The van der Waals surface area contributed by atoms with Gasteiger partial charge in [0.2, 0.25) is 5.91 Å². The Labute approximate surface area is 168 Å². The maximum Gasteiger partial charge on any atom is 0.217 e. The van der Waals surface area contributed by atoms with Gasteiger partial charge in [0.25, 0.3) is 0 Å². The van der Waals surface area contributed by atoms with E-state index in [9.17, 15) is 4.79 Å². The number of carbonyl (C=O) groups is 1. The minimum absolute atomic E-state index is 0.0167. The molecule has 0 saturated heterocycles. The Morgan fingerprint density at radius 3 is 2.67 bits per heavy atom. The first-order valence-corrected chi connectivity index (χ1v) is 9.97. The second kappa shape index (κ2) is 8.59. The Hall–Kier alpha value is -2.31. The molecule has 1 aliphatic rings. The van der Waals surface area contributed by atoms with Crippen LogP contribution in [0.25, 0.3) is 0 Å². The molecule has 0 unspecified atom stereocenters. The van der Waals surface area contributed by atoms with Gasteiger partial charge in [-0.25, -0.2) is 4.99 Å². The Kier molecular flexibility index (Phi) is 6.19. The molecule has 27 heavy (non-hydrogen) atoms. The maximum atomic E-state index is 11.2. The predicted molar refractivity (Wildman–Crippen MR) is 114 cm³/mol. The van der Waals surface area contributed by atoms with Gasteiger partial charge in [0, 0.05) is 17.7 Å². The standard InChI is InChI=1S/C20H21ClN4OS/c1-12-17(21)5-4-6-18(12)23-20-25-24-19(11-27-20)16-9-7-15(8-10-16)13(2)22-14(3)26/h4-10,13H,11H2,1-3H3,(H,22,26)(H,23,25)/t13-/m0/s1. The van der Waals surface area contributed by atoms with Crippen LogP contribution in [0.2, 0.25) is 5.02 Å². The monoisotopic (exact) mass is 400 g/mol. The fourth-order valence-corrected chi connectivity index (χ4v) is 3.65. The molecular formula is C20H21ClN4OS. The molecule has 1 heterocycles. The lowest BCUT2D eigenvalue weighted by Crippen LogP contribution is -2.25. The first kappa shape index (κ1) is 19.5. The number of amides is 1. The largest absolute Gasteiger partial charge is 0.350 e. The number of hydrogen-bond donors (Lipinski definition) is 2. The molecule has 1 aliphatic heterocycles. The van der Waals surface area contributed by atoms with Crippen molar-refractivity contribution in [3.63, 3.8) is 0 Å². The predicted octanol–water partition coefficient (Wildman–Crippen LogP) is 4.57. The Bertz CT molecular complexity index is 909. The molecule has 0 bridgehead atoms. The maximum absolute atomic E-state index is 11.2. The zero-order chi connectivity index (χ0) is 19.4. The van der Waals surface area contributed by atoms with Crippen LogP contribution >= 0.6 is 23.4 Å². The van der Waals surface area contributed by atoms with Crippen molar-refractivity contribution >= 4 is 45.8 Å². The van der Waals surface area contributed by atoms with Crippen LogP contribution < -0.4 is 10.7 Å². The summed E-state index contributed by atoms with van der Waals surface area (Å²) in [5.74, 6) is 0.692. The van der Waals surface area contributed by atoms with Crippen LogP contribution in [-0.2, 0) is 4.79 Å². The Morgan fingerprint density at radius 2 is 2.04 bits per heavy atom. The molecule has 0 radical (unpaired) electrons. The van der Waals surface area contributed by atoms with E-state index in [1.807, 2.05) is 56.3 Å². The molecule has 140 valence electrons. The summed E-state index contributed by atoms with van der Waals surface area (Å²) >= 11 is 7.75. The van der Waals surface area contributed by atoms with Crippen molar-refractivity contribution < 1.29 is 4.79 Å². The second-order valence-electron chi connectivity index (χ2n) is 6.30. The van der Waals surface area contributed by atoms with Gasteiger partial charge in [0.15, 0.2) is 5.17 Å². The summed E-state index contributed by atoms with van der Waals surface area (Å²) in [7, 11) is 0. The zero-order valence-corrected chi connectivity index (χ0v) is 17.0. The summed E-state index contributed by atoms with van der Waals surface area (Å²) in [6.45, 7) is 5.44. The van der Waals surface area contributed by atoms with Crippen LogP contribution in [0.4, 0.5) is 5.69 Å². The minimum Gasteiger partial charge on any atom is -0.350 e. The van der Waals surface area contributed by atoms with Gasteiger partial charge in [0.05, 0.1) is 17.4 Å². The van der Waals surface area contributed by atoms with Crippen LogP contribution in [0.15, 0.2) is 52.6 Å². The molecule has 1 amide bonds. The van der Waals surface area contributed by atoms with Crippen molar-refractivity contribution in [2.24, 2.45) is 10.1 Å². The number of benzene rings is 2. The molecule has 2 aromatic rings. The van der Waals surface area contributed by atoms with Crippen molar-refractivity contribution in [3.8, 4) is 0 Å². The highest BCUT2D eigenvalue weighted by Gasteiger charge is 2.14. The van der Waals surface area contributed by atoms with E-state index in [1.165, 1.54) is 6.92 Å². The number of thioether (sulfide) groups is 1. The van der Waals surface area contributed by atoms with E-state index in [2.05, 4.69) is 20.8 Å². The summed E-state index contributed by atoms with van der Waals surface area (Å²) in [5, 5.41) is 8.80. The molecule has 0 spiro atoms. The molecular weight excluding hydrogens is 380 g/mol. The summed E-state index contributed by atoms with van der Waals surface area (Å²) in [6.07, 6.45) is 0. The number of amidine groups is 1. The fraction of sp³-hybridized carbons (Fsp3) is 0.250. The molecule has 0 saturated carbocycles. The average molecular weight is 401 g/mol. The number of hydrazone groups is 1. The third-order valence-corrected chi connectivity index (χ3v) is 5.54. The van der Waals surface area contributed by atoms with Crippen LogP contribution in [0.1, 0.15) is 36.6 Å². The van der Waals surface area contributed by atoms with Crippen molar-refractivity contribution in [2.45, 2.75) is 26.8 Å². The van der Waals surface area contributed by atoms with Gasteiger partial charge in [-0.05, 0) is 42.7 Å². The molecule has 1 atom stereocenters. The lowest BCUT2D eigenvalue weighted by atomic mass is 10.0. The molecule has 2 aromatic carbocycles. The SMILES string of the molecule is CC(=O)N[C@@H](C)c1ccc(C2=NNC(=Nc3cccc(Cl)c3C)SC2)cc1.